The molecule has 10 heteroatoms. The molecule has 0 aliphatic carbocycles. The van der Waals surface area contributed by atoms with Crippen molar-refractivity contribution in [3.63, 3.8) is 0 Å². The number of carbonyl (C=O) groups excluding carboxylic acids is 1. The Morgan fingerprint density at radius 1 is 1.03 bits per heavy atom. The van der Waals surface area contributed by atoms with Crippen molar-refractivity contribution >= 4 is 22.9 Å². The molecular formula is C22H16F6NO3-. The van der Waals surface area contributed by atoms with E-state index in [2.05, 4.69) is 4.98 Å². The van der Waals surface area contributed by atoms with Gasteiger partial charge in [-0.25, -0.2) is 0 Å². The number of hydrogen-bond acceptors (Lipinski definition) is 3. The van der Waals surface area contributed by atoms with E-state index in [9.17, 15) is 36.2 Å². The number of fused-ring (bicyclic) bond motifs is 1. The monoisotopic (exact) mass is 456 g/mol. The molecule has 0 fully saturated rings. The van der Waals surface area contributed by atoms with Crippen molar-refractivity contribution < 1.29 is 41.0 Å². The summed E-state index contributed by atoms with van der Waals surface area (Å²) < 4.78 is 87.2. The molecule has 4 nitrogen and oxygen atoms in total. The molecule has 2 aromatic carbocycles. The van der Waals surface area contributed by atoms with Crippen molar-refractivity contribution in [1.82, 2.24) is 4.98 Å². The molecule has 1 aromatic heterocycles. The van der Waals surface area contributed by atoms with Crippen LogP contribution in [0.4, 0.5) is 26.3 Å². The number of carboxylic acids is 1. The molecule has 3 aromatic rings. The van der Waals surface area contributed by atoms with Gasteiger partial charge in [0.05, 0.1) is 17.1 Å². The van der Waals surface area contributed by atoms with Gasteiger partial charge in [0.15, 0.2) is 5.75 Å². The van der Waals surface area contributed by atoms with Crippen molar-refractivity contribution in [1.29, 1.82) is 0 Å². The Morgan fingerprint density at radius 3 is 2.12 bits per heavy atom. The summed E-state index contributed by atoms with van der Waals surface area (Å²) in [7, 11) is 0. The van der Waals surface area contributed by atoms with Crippen molar-refractivity contribution in [2.45, 2.75) is 32.1 Å². The van der Waals surface area contributed by atoms with E-state index >= 15 is 0 Å². The lowest BCUT2D eigenvalue weighted by atomic mass is 10.0. The summed E-state index contributed by atoms with van der Waals surface area (Å²) in [5, 5.41) is 11.1. The lowest BCUT2D eigenvalue weighted by Crippen LogP contribution is -2.18. The molecular weight excluding hydrogens is 440 g/mol. The van der Waals surface area contributed by atoms with Gasteiger partial charge in [-0.3, -0.25) is 0 Å². The Balaban J connectivity index is 2.21. The average molecular weight is 456 g/mol. The number of benzene rings is 2. The summed E-state index contributed by atoms with van der Waals surface area (Å²) in [4.78, 5) is 13.5. The first-order valence-electron chi connectivity index (χ1n) is 9.27. The smallest absolute Gasteiger partial charge is 0.420 e. The van der Waals surface area contributed by atoms with Crippen LogP contribution in [0.5, 0.6) is 11.5 Å². The largest absolute Gasteiger partial charge is 0.545 e. The third-order valence-electron chi connectivity index (χ3n) is 4.66. The van der Waals surface area contributed by atoms with Gasteiger partial charge in [0, 0.05) is 17.1 Å². The van der Waals surface area contributed by atoms with Crippen LogP contribution in [0, 0.1) is 0 Å². The SMILES string of the molecule is CC(C)c1c[nH]c2ccc(Oc3c(C(F)(F)F)cc(C=CC(=O)[O-])cc3C(F)(F)F)cc12. The van der Waals surface area contributed by atoms with E-state index in [1.807, 2.05) is 13.8 Å². The van der Waals surface area contributed by atoms with Crippen LogP contribution in [0.3, 0.4) is 0 Å². The first-order valence-corrected chi connectivity index (χ1v) is 9.27. The second kappa shape index (κ2) is 8.25. The molecule has 0 saturated carbocycles. The molecule has 0 saturated heterocycles. The number of rotatable bonds is 5. The highest BCUT2D eigenvalue weighted by Gasteiger charge is 2.42. The number of nitrogens with one attached hydrogen (secondary N) is 1. The van der Waals surface area contributed by atoms with E-state index in [0.29, 0.717) is 35.2 Å². The molecule has 32 heavy (non-hydrogen) atoms. The normalized spacial score (nSPS) is 12.8. The molecule has 0 aliphatic heterocycles. The van der Waals surface area contributed by atoms with Gasteiger partial charge in [-0.15, -0.1) is 0 Å². The second-order valence-electron chi connectivity index (χ2n) is 7.30. The Kier molecular flexibility index (Phi) is 5.99. The van der Waals surface area contributed by atoms with Crippen LogP contribution in [0.1, 0.15) is 42.0 Å². The van der Waals surface area contributed by atoms with Gasteiger partial charge >= 0.3 is 12.4 Å². The number of carboxylic acid groups (broad SMARTS) is 1. The number of aromatic nitrogens is 1. The zero-order valence-electron chi connectivity index (χ0n) is 16.7. The molecule has 0 amide bonds. The molecule has 170 valence electrons. The average Bonchev–Trinajstić information content (AvgIpc) is 3.08. The first kappa shape index (κ1) is 23.2. The zero-order chi connectivity index (χ0) is 23.8. The molecule has 0 unspecified atom stereocenters. The number of carbonyl (C=O) groups is 1. The number of hydrogen-bond donors (Lipinski definition) is 1. The standard InChI is InChI=1S/C22H17F6NO3/c1-11(2)15-10-29-18-5-4-13(9-14(15)18)32-20-16(21(23,24)25)7-12(3-6-19(30)31)8-17(20)22(26,27)28/h3-11,29H,1-2H3,(H,30,31)/p-1. The quantitative estimate of drug-likeness (QED) is 0.385. The second-order valence-corrected chi connectivity index (χ2v) is 7.30. The maximum Gasteiger partial charge on any atom is 0.420 e. The van der Waals surface area contributed by atoms with Crippen LogP contribution in [0.15, 0.2) is 42.6 Å². The van der Waals surface area contributed by atoms with E-state index in [0.717, 1.165) is 5.56 Å². The van der Waals surface area contributed by atoms with E-state index in [1.165, 1.54) is 18.2 Å². The third-order valence-corrected chi connectivity index (χ3v) is 4.66. The predicted octanol–water partition coefficient (Wildman–Crippen LogP) is 5.88. The van der Waals surface area contributed by atoms with E-state index in [4.69, 9.17) is 4.74 Å². The fraction of sp³-hybridized carbons (Fsp3) is 0.227. The van der Waals surface area contributed by atoms with Crippen LogP contribution < -0.4 is 9.84 Å². The van der Waals surface area contributed by atoms with E-state index in [1.54, 1.807) is 6.20 Å². The fourth-order valence-electron chi connectivity index (χ4n) is 3.22. The van der Waals surface area contributed by atoms with Gasteiger partial charge in [0.2, 0.25) is 0 Å². The molecule has 0 bridgehead atoms. The van der Waals surface area contributed by atoms with E-state index < -0.39 is 40.8 Å². The minimum Gasteiger partial charge on any atom is -0.545 e. The maximum absolute atomic E-state index is 13.7. The maximum atomic E-state index is 13.7. The van der Waals surface area contributed by atoms with Gasteiger partial charge < -0.3 is 19.6 Å². The first-order chi connectivity index (χ1) is 14.8. The highest BCUT2D eigenvalue weighted by Crippen LogP contribution is 2.47. The number of aromatic amines is 1. The lowest BCUT2D eigenvalue weighted by Gasteiger charge is -2.20. The van der Waals surface area contributed by atoms with Gasteiger partial charge in [-0.2, -0.15) is 26.3 Å². The van der Waals surface area contributed by atoms with Crippen molar-refractivity contribution in [3.8, 4) is 11.5 Å². The highest BCUT2D eigenvalue weighted by atomic mass is 19.4. The number of aliphatic carboxylic acids is 1. The third kappa shape index (κ3) is 4.90. The zero-order valence-corrected chi connectivity index (χ0v) is 16.7. The topological polar surface area (TPSA) is 65.2 Å². The molecule has 3 rings (SSSR count). The minimum absolute atomic E-state index is 0.0465. The molecule has 0 spiro atoms. The fourth-order valence-corrected chi connectivity index (χ4v) is 3.22. The van der Waals surface area contributed by atoms with Crippen LogP contribution in [-0.4, -0.2) is 11.0 Å². The number of halogens is 6. The summed E-state index contributed by atoms with van der Waals surface area (Å²) in [6, 6.07) is 4.89. The highest BCUT2D eigenvalue weighted by molar-refractivity contribution is 5.85. The summed E-state index contributed by atoms with van der Waals surface area (Å²) in [5.41, 5.74) is -2.53. The minimum atomic E-state index is -5.21. The molecule has 1 N–H and O–H groups in total. The summed E-state index contributed by atoms with van der Waals surface area (Å²) in [5.74, 6) is -3.36. The van der Waals surface area contributed by atoms with Crippen molar-refractivity contribution in [2.75, 3.05) is 0 Å². The van der Waals surface area contributed by atoms with E-state index in [-0.39, 0.29) is 11.7 Å². The molecule has 0 aliphatic rings. The Hall–Kier alpha value is -3.43. The predicted molar refractivity (Wildman–Crippen MR) is 103 cm³/mol. The van der Waals surface area contributed by atoms with Crippen molar-refractivity contribution in [3.05, 3.63) is 64.9 Å². The lowest BCUT2D eigenvalue weighted by molar-refractivity contribution is -0.297. The summed E-state index contributed by atoms with van der Waals surface area (Å²) in [6.07, 6.45) is -7.78. The molecule has 0 radical (unpaired) electrons. The van der Waals surface area contributed by atoms with Crippen LogP contribution in [0.25, 0.3) is 17.0 Å². The summed E-state index contributed by atoms with van der Waals surface area (Å²) >= 11 is 0. The summed E-state index contributed by atoms with van der Waals surface area (Å²) in [6.45, 7) is 3.77. The van der Waals surface area contributed by atoms with Gasteiger partial charge in [0.1, 0.15) is 5.75 Å². The molecule has 0 atom stereocenters. The Morgan fingerprint density at radius 2 is 1.62 bits per heavy atom. The van der Waals surface area contributed by atoms with Crippen LogP contribution in [0.2, 0.25) is 0 Å². The van der Waals surface area contributed by atoms with Gasteiger partial charge in [-0.1, -0.05) is 19.9 Å². The van der Waals surface area contributed by atoms with Gasteiger partial charge in [-0.05, 0) is 53.5 Å². The number of alkyl halides is 6. The Labute approximate surface area is 178 Å². The van der Waals surface area contributed by atoms with Crippen LogP contribution >= 0.6 is 0 Å². The number of H-pyrrole nitrogens is 1. The van der Waals surface area contributed by atoms with Crippen LogP contribution in [-0.2, 0) is 17.1 Å². The molecule has 1 heterocycles. The van der Waals surface area contributed by atoms with Gasteiger partial charge in [0.25, 0.3) is 0 Å². The Bertz CT molecular complexity index is 1150. The van der Waals surface area contributed by atoms with Crippen molar-refractivity contribution in [2.24, 2.45) is 0 Å². The number of ether oxygens (including phenoxy) is 1.